The van der Waals surface area contributed by atoms with Gasteiger partial charge in [-0.3, -0.25) is 9.25 Å². The smallest absolute Gasteiger partial charge is 0.202 e. The van der Waals surface area contributed by atoms with Crippen molar-refractivity contribution in [3.05, 3.63) is 5.69 Å². The average molecular weight is 267 g/mol. The Bertz CT molecular complexity index is 546. The minimum atomic E-state index is 0.507. The molecular formula is C12H21N5O2. The molecule has 0 spiro atoms. The fourth-order valence-electron chi connectivity index (χ4n) is 2.12. The van der Waals surface area contributed by atoms with Crippen LogP contribution in [0.1, 0.15) is 12.6 Å². The van der Waals surface area contributed by atoms with Crippen LogP contribution in [0.2, 0.25) is 0 Å². The molecule has 0 amide bonds. The summed E-state index contributed by atoms with van der Waals surface area (Å²) in [4.78, 5) is 4.40. The van der Waals surface area contributed by atoms with Gasteiger partial charge in [-0.15, -0.1) is 0 Å². The molecule has 0 bridgehead atoms. The second-order valence-electron chi connectivity index (χ2n) is 4.32. The zero-order chi connectivity index (χ0) is 13.8. The number of nitrogens with zero attached hydrogens (tertiary/aromatic N) is 4. The number of hydrogen-bond acceptors (Lipinski definition) is 5. The fourth-order valence-corrected chi connectivity index (χ4v) is 2.12. The van der Waals surface area contributed by atoms with E-state index < -0.39 is 0 Å². The third-order valence-electron chi connectivity index (χ3n) is 3.05. The number of methoxy groups -OCH3 is 1. The summed E-state index contributed by atoms with van der Waals surface area (Å²) >= 11 is 0. The van der Waals surface area contributed by atoms with Crippen molar-refractivity contribution in [2.45, 2.75) is 19.9 Å². The summed E-state index contributed by atoms with van der Waals surface area (Å²) in [5.74, 6) is 0.507. The van der Waals surface area contributed by atoms with Crippen molar-refractivity contribution in [2.75, 3.05) is 32.7 Å². The van der Waals surface area contributed by atoms with E-state index in [1.54, 1.807) is 7.11 Å². The molecule has 7 heteroatoms. The predicted molar refractivity (Wildman–Crippen MR) is 73.0 cm³/mol. The van der Waals surface area contributed by atoms with Gasteiger partial charge < -0.3 is 15.2 Å². The second-order valence-corrected chi connectivity index (χ2v) is 4.32. The van der Waals surface area contributed by atoms with Gasteiger partial charge in [0.05, 0.1) is 32.1 Å². The fraction of sp³-hybridized carbons (Fsp3) is 0.667. The van der Waals surface area contributed by atoms with Gasteiger partial charge in [-0.2, -0.15) is 5.10 Å². The Morgan fingerprint density at radius 3 is 2.74 bits per heavy atom. The molecule has 0 radical (unpaired) electrons. The molecule has 2 aromatic rings. The van der Waals surface area contributed by atoms with E-state index in [2.05, 4.69) is 17.0 Å². The highest BCUT2D eigenvalue weighted by Gasteiger charge is 2.16. The van der Waals surface area contributed by atoms with E-state index in [4.69, 9.17) is 15.2 Å². The maximum Gasteiger partial charge on any atom is 0.202 e. The molecule has 0 aliphatic carbocycles. The van der Waals surface area contributed by atoms with Gasteiger partial charge in [0.25, 0.3) is 0 Å². The van der Waals surface area contributed by atoms with E-state index in [1.807, 2.05) is 16.3 Å². The van der Waals surface area contributed by atoms with Crippen LogP contribution in [-0.2, 0) is 29.5 Å². The molecule has 7 nitrogen and oxygen atoms in total. The molecule has 0 aliphatic rings. The van der Waals surface area contributed by atoms with Crippen molar-refractivity contribution in [1.82, 2.24) is 19.3 Å². The first-order valence-electron chi connectivity index (χ1n) is 6.43. The minimum Gasteiger partial charge on any atom is -0.382 e. The highest BCUT2D eigenvalue weighted by atomic mass is 16.5. The lowest BCUT2D eigenvalue weighted by Crippen LogP contribution is -2.13. The lowest BCUT2D eigenvalue weighted by molar-refractivity contribution is 0.0670. The van der Waals surface area contributed by atoms with E-state index in [0.717, 1.165) is 23.3 Å². The molecule has 2 heterocycles. The number of anilines is 1. The van der Waals surface area contributed by atoms with Crippen molar-refractivity contribution in [2.24, 2.45) is 7.05 Å². The van der Waals surface area contributed by atoms with Crippen LogP contribution >= 0.6 is 0 Å². The van der Waals surface area contributed by atoms with Gasteiger partial charge in [0.2, 0.25) is 5.95 Å². The van der Waals surface area contributed by atoms with Crippen LogP contribution in [0.3, 0.4) is 0 Å². The molecule has 0 aliphatic heterocycles. The van der Waals surface area contributed by atoms with Gasteiger partial charge in [0.1, 0.15) is 5.52 Å². The van der Waals surface area contributed by atoms with Gasteiger partial charge in [-0.1, -0.05) is 6.92 Å². The second kappa shape index (κ2) is 6.03. The Labute approximate surface area is 112 Å². The van der Waals surface area contributed by atoms with Gasteiger partial charge in [-0.25, -0.2) is 4.98 Å². The number of aromatic nitrogens is 4. The molecule has 106 valence electrons. The lowest BCUT2D eigenvalue weighted by Gasteiger charge is -2.07. The highest BCUT2D eigenvalue weighted by molar-refractivity contribution is 5.77. The van der Waals surface area contributed by atoms with E-state index in [9.17, 15) is 0 Å². The summed E-state index contributed by atoms with van der Waals surface area (Å²) in [6, 6.07) is 0. The summed E-state index contributed by atoms with van der Waals surface area (Å²) in [6.07, 6.45) is 0.845. The number of aryl methyl sites for hydroxylation is 2. The Kier molecular flexibility index (Phi) is 4.39. The first-order chi connectivity index (χ1) is 9.19. The molecule has 19 heavy (non-hydrogen) atoms. The molecule has 0 atom stereocenters. The molecule has 0 saturated carbocycles. The van der Waals surface area contributed by atoms with Gasteiger partial charge in [0.15, 0.2) is 5.65 Å². The SMILES string of the molecule is CCc1nn(C)c2c1nc(N)n2CCOCCOC. The van der Waals surface area contributed by atoms with Crippen molar-refractivity contribution in [3.63, 3.8) is 0 Å². The first kappa shape index (κ1) is 13.8. The monoisotopic (exact) mass is 267 g/mol. The topological polar surface area (TPSA) is 80.1 Å². The maximum absolute atomic E-state index is 5.96. The zero-order valence-corrected chi connectivity index (χ0v) is 11.7. The third kappa shape index (κ3) is 2.71. The molecule has 0 aromatic carbocycles. The number of nitrogen functional groups attached to an aromatic ring is 1. The summed E-state index contributed by atoms with van der Waals surface area (Å²) < 4.78 is 14.2. The molecule has 0 saturated heterocycles. The Hall–Kier alpha value is -1.60. The molecular weight excluding hydrogens is 246 g/mol. The number of nitrogens with two attached hydrogens (primary N) is 1. The van der Waals surface area contributed by atoms with Crippen LogP contribution in [0.25, 0.3) is 11.2 Å². The van der Waals surface area contributed by atoms with Crippen molar-refractivity contribution in [1.29, 1.82) is 0 Å². The Morgan fingerprint density at radius 1 is 1.26 bits per heavy atom. The Balaban J connectivity index is 2.13. The average Bonchev–Trinajstić information content (AvgIpc) is 2.87. The Morgan fingerprint density at radius 2 is 2.05 bits per heavy atom. The number of hydrogen-bond donors (Lipinski definition) is 1. The summed E-state index contributed by atoms with van der Waals surface area (Å²) in [5.41, 5.74) is 8.77. The van der Waals surface area contributed by atoms with Crippen LogP contribution in [-0.4, -0.2) is 46.3 Å². The van der Waals surface area contributed by atoms with Crippen molar-refractivity contribution < 1.29 is 9.47 Å². The molecule has 2 aromatic heterocycles. The van der Waals surface area contributed by atoms with Crippen LogP contribution < -0.4 is 5.73 Å². The van der Waals surface area contributed by atoms with Gasteiger partial charge >= 0.3 is 0 Å². The summed E-state index contributed by atoms with van der Waals surface area (Å²) in [5, 5.41) is 4.44. The highest BCUT2D eigenvalue weighted by Crippen LogP contribution is 2.20. The largest absolute Gasteiger partial charge is 0.382 e. The molecule has 2 rings (SSSR count). The summed E-state index contributed by atoms with van der Waals surface area (Å²) in [6.45, 7) is 4.48. The number of fused-ring (bicyclic) bond motifs is 1. The van der Waals surface area contributed by atoms with Gasteiger partial charge in [0, 0.05) is 14.2 Å². The standard InChI is InChI=1S/C12H21N5O2/c1-4-9-10-11(16(2)15-9)17(12(13)14-10)5-6-19-8-7-18-3/h4-8H2,1-3H3,(H2,13,14). The normalized spacial score (nSPS) is 11.5. The van der Waals surface area contributed by atoms with Crippen molar-refractivity contribution >= 4 is 17.1 Å². The van der Waals surface area contributed by atoms with E-state index >= 15 is 0 Å². The van der Waals surface area contributed by atoms with E-state index in [-0.39, 0.29) is 0 Å². The van der Waals surface area contributed by atoms with Gasteiger partial charge in [-0.05, 0) is 6.42 Å². The van der Waals surface area contributed by atoms with Crippen LogP contribution in [0, 0.1) is 0 Å². The quantitative estimate of drug-likeness (QED) is 0.742. The molecule has 2 N–H and O–H groups in total. The van der Waals surface area contributed by atoms with E-state index in [0.29, 0.717) is 32.3 Å². The zero-order valence-electron chi connectivity index (χ0n) is 11.7. The minimum absolute atomic E-state index is 0.507. The number of rotatable bonds is 7. The number of ether oxygens (including phenoxy) is 2. The molecule has 0 fully saturated rings. The summed E-state index contributed by atoms with van der Waals surface area (Å²) in [7, 11) is 3.56. The predicted octanol–water partition coefficient (Wildman–Crippen LogP) is 0.577. The third-order valence-corrected chi connectivity index (χ3v) is 3.05. The van der Waals surface area contributed by atoms with Crippen molar-refractivity contribution in [3.8, 4) is 0 Å². The van der Waals surface area contributed by atoms with Crippen LogP contribution in [0.4, 0.5) is 5.95 Å². The number of imidazole rings is 1. The molecule has 0 unspecified atom stereocenters. The first-order valence-corrected chi connectivity index (χ1v) is 6.43. The van der Waals surface area contributed by atoms with Crippen LogP contribution in [0.15, 0.2) is 0 Å². The maximum atomic E-state index is 5.96. The lowest BCUT2D eigenvalue weighted by atomic mass is 10.3. The van der Waals surface area contributed by atoms with Crippen LogP contribution in [0.5, 0.6) is 0 Å². The van der Waals surface area contributed by atoms with E-state index in [1.165, 1.54) is 0 Å².